The zero-order valence-corrected chi connectivity index (χ0v) is 20.6. The predicted octanol–water partition coefficient (Wildman–Crippen LogP) is 2.48. The fraction of sp³-hybridized carbons (Fsp3) is 0.600. The van der Waals surface area contributed by atoms with Gasteiger partial charge in [-0.1, -0.05) is 70.2 Å². The lowest BCUT2D eigenvalue weighted by atomic mass is 9.83. The number of aliphatic hydroxyl groups excluding tert-OH is 1. The van der Waals surface area contributed by atoms with E-state index in [1.165, 1.54) is 17.5 Å². The number of rotatable bonds is 7. The molecule has 2 amide bonds. The summed E-state index contributed by atoms with van der Waals surface area (Å²) in [4.78, 5) is 27.5. The Hall–Kier alpha value is -2.74. The summed E-state index contributed by atoms with van der Waals surface area (Å²) in [5, 5.41) is 21.6. The summed E-state index contributed by atoms with van der Waals surface area (Å²) in [5.74, 6) is -0.500. The van der Waals surface area contributed by atoms with Crippen LogP contribution in [-0.2, 0) is 21.4 Å². The van der Waals surface area contributed by atoms with Gasteiger partial charge in [0.2, 0.25) is 11.8 Å². The van der Waals surface area contributed by atoms with Crippen molar-refractivity contribution in [2.45, 2.75) is 77.5 Å². The molecule has 8 nitrogen and oxygen atoms in total. The summed E-state index contributed by atoms with van der Waals surface area (Å²) in [6.07, 6.45) is 3.18. The van der Waals surface area contributed by atoms with Crippen LogP contribution in [-0.4, -0.2) is 62.6 Å². The number of aryl methyl sites for hydroxylation is 1. The first-order valence-electron chi connectivity index (χ1n) is 11.6. The van der Waals surface area contributed by atoms with E-state index in [1.807, 2.05) is 45.2 Å². The van der Waals surface area contributed by atoms with Gasteiger partial charge in [-0.15, -0.1) is 5.10 Å². The maximum absolute atomic E-state index is 13.7. The standard InChI is InChI=1S/C25H37N5O3/c1-24(2,3)21(23(33)29-15-18(31)14-19(29)22(32)26-6)30-16-20(27-28-30)25(4,5)13-12-17-10-8-7-9-11-17/h7-11,16,18-19,21,31H,12-15H2,1-6H3,(H,26,32)/t18-,19+,21-/m1/s1. The van der Waals surface area contributed by atoms with Crippen LogP contribution in [0.3, 0.4) is 0 Å². The van der Waals surface area contributed by atoms with Crippen molar-refractivity contribution in [1.82, 2.24) is 25.2 Å². The van der Waals surface area contributed by atoms with Crippen LogP contribution in [0.15, 0.2) is 36.5 Å². The maximum Gasteiger partial charge on any atom is 0.248 e. The zero-order chi connectivity index (χ0) is 24.4. The molecule has 0 radical (unpaired) electrons. The zero-order valence-electron chi connectivity index (χ0n) is 20.6. The van der Waals surface area contributed by atoms with Gasteiger partial charge in [0.05, 0.1) is 11.8 Å². The van der Waals surface area contributed by atoms with E-state index in [9.17, 15) is 14.7 Å². The lowest BCUT2D eigenvalue weighted by molar-refractivity contribution is -0.144. The van der Waals surface area contributed by atoms with Gasteiger partial charge in [0.15, 0.2) is 0 Å². The smallest absolute Gasteiger partial charge is 0.248 e. The van der Waals surface area contributed by atoms with Crippen molar-refractivity contribution >= 4 is 11.8 Å². The molecule has 3 rings (SSSR count). The molecule has 2 aromatic rings. The third-order valence-corrected chi connectivity index (χ3v) is 6.52. The van der Waals surface area contributed by atoms with E-state index in [-0.39, 0.29) is 30.2 Å². The minimum absolute atomic E-state index is 0.133. The van der Waals surface area contributed by atoms with Crippen LogP contribution in [0, 0.1) is 5.41 Å². The molecule has 33 heavy (non-hydrogen) atoms. The SMILES string of the molecule is CNC(=O)[C@@H]1C[C@@H](O)CN1C(=O)[C@@H](n1cc(C(C)(C)CCc2ccccc2)nn1)C(C)(C)C. The van der Waals surface area contributed by atoms with Crippen molar-refractivity contribution in [3.8, 4) is 0 Å². The molecule has 2 heterocycles. The molecular formula is C25H37N5O3. The van der Waals surface area contributed by atoms with E-state index >= 15 is 0 Å². The first kappa shape index (κ1) is 24.9. The molecule has 0 unspecified atom stereocenters. The van der Waals surface area contributed by atoms with E-state index in [0.29, 0.717) is 0 Å². The van der Waals surface area contributed by atoms with Gasteiger partial charge in [0.1, 0.15) is 12.1 Å². The second kappa shape index (κ2) is 9.63. The Morgan fingerprint density at radius 2 is 1.85 bits per heavy atom. The molecule has 1 aromatic heterocycles. The topological polar surface area (TPSA) is 100 Å². The van der Waals surface area contributed by atoms with Crippen molar-refractivity contribution in [2.75, 3.05) is 13.6 Å². The molecule has 1 saturated heterocycles. The molecule has 1 aromatic carbocycles. The molecule has 0 aliphatic carbocycles. The van der Waals surface area contributed by atoms with Crippen molar-refractivity contribution in [3.05, 3.63) is 47.8 Å². The highest BCUT2D eigenvalue weighted by Gasteiger charge is 2.45. The Bertz CT molecular complexity index is 964. The van der Waals surface area contributed by atoms with E-state index in [4.69, 9.17) is 0 Å². The number of hydrogen-bond acceptors (Lipinski definition) is 5. The number of hydrogen-bond donors (Lipinski definition) is 2. The lowest BCUT2D eigenvalue weighted by Gasteiger charge is -2.34. The minimum Gasteiger partial charge on any atom is -0.391 e. The Morgan fingerprint density at radius 1 is 1.18 bits per heavy atom. The van der Waals surface area contributed by atoms with Gasteiger partial charge in [-0.25, -0.2) is 4.68 Å². The number of nitrogens with one attached hydrogen (secondary N) is 1. The number of carbonyl (C=O) groups is 2. The fourth-order valence-corrected chi connectivity index (χ4v) is 4.45. The molecular weight excluding hydrogens is 418 g/mol. The monoisotopic (exact) mass is 455 g/mol. The number of nitrogens with zero attached hydrogens (tertiary/aromatic N) is 4. The molecule has 2 N–H and O–H groups in total. The van der Waals surface area contributed by atoms with Gasteiger partial charge in [0, 0.05) is 31.6 Å². The first-order chi connectivity index (χ1) is 15.4. The average molecular weight is 456 g/mol. The Labute approximate surface area is 196 Å². The molecule has 1 aliphatic heterocycles. The van der Waals surface area contributed by atoms with Crippen molar-refractivity contribution < 1.29 is 14.7 Å². The summed E-state index contributed by atoms with van der Waals surface area (Å²) >= 11 is 0. The summed E-state index contributed by atoms with van der Waals surface area (Å²) in [6.45, 7) is 10.3. The number of aromatic nitrogens is 3. The average Bonchev–Trinajstić information content (AvgIpc) is 3.39. The Kier molecular flexibility index (Phi) is 7.26. The van der Waals surface area contributed by atoms with E-state index in [1.54, 1.807) is 4.68 Å². The molecule has 0 saturated carbocycles. The van der Waals surface area contributed by atoms with Gasteiger partial charge < -0.3 is 15.3 Å². The number of carbonyl (C=O) groups excluding carboxylic acids is 2. The highest BCUT2D eigenvalue weighted by atomic mass is 16.3. The van der Waals surface area contributed by atoms with Gasteiger partial charge >= 0.3 is 0 Å². The fourth-order valence-electron chi connectivity index (χ4n) is 4.45. The van der Waals surface area contributed by atoms with Crippen LogP contribution in [0.5, 0.6) is 0 Å². The summed E-state index contributed by atoms with van der Waals surface area (Å²) in [5.41, 5.74) is 1.39. The van der Waals surface area contributed by atoms with Crippen LogP contribution in [0.4, 0.5) is 0 Å². The van der Waals surface area contributed by atoms with Crippen LogP contribution in [0.1, 0.15) is 64.8 Å². The number of β-amino-alcohol motifs (C(OH)–C–C–N with tert-alkyl or cyclic N) is 1. The van der Waals surface area contributed by atoms with Crippen molar-refractivity contribution in [3.63, 3.8) is 0 Å². The third-order valence-electron chi connectivity index (χ3n) is 6.52. The molecule has 0 spiro atoms. The van der Waals surface area contributed by atoms with E-state index in [2.05, 4.69) is 41.6 Å². The highest BCUT2D eigenvalue weighted by molar-refractivity contribution is 5.90. The van der Waals surface area contributed by atoms with E-state index < -0.39 is 23.6 Å². The number of likely N-dealkylation sites (tertiary alicyclic amines) is 1. The summed E-state index contributed by atoms with van der Waals surface area (Å²) in [7, 11) is 1.54. The number of likely N-dealkylation sites (N-methyl/N-ethyl adjacent to an activating group) is 1. The van der Waals surface area contributed by atoms with Gasteiger partial charge in [-0.2, -0.15) is 0 Å². The molecule has 3 atom stereocenters. The molecule has 8 heteroatoms. The van der Waals surface area contributed by atoms with Crippen LogP contribution >= 0.6 is 0 Å². The number of amides is 2. The second-order valence-corrected chi connectivity index (χ2v) is 10.7. The largest absolute Gasteiger partial charge is 0.391 e. The second-order valence-electron chi connectivity index (χ2n) is 10.7. The minimum atomic E-state index is -0.722. The highest BCUT2D eigenvalue weighted by Crippen LogP contribution is 2.35. The number of benzene rings is 1. The number of aliphatic hydroxyl groups is 1. The van der Waals surface area contributed by atoms with Crippen LogP contribution in [0.2, 0.25) is 0 Å². The molecule has 0 bridgehead atoms. The Balaban J connectivity index is 1.84. The lowest BCUT2D eigenvalue weighted by Crippen LogP contribution is -2.49. The van der Waals surface area contributed by atoms with Crippen molar-refractivity contribution in [1.29, 1.82) is 0 Å². The molecule has 180 valence electrons. The Morgan fingerprint density at radius 3 is 2.45 bits per heavy atom. The van der Waals surface area contributed by atoms with Gasteiger partial charge in [-0.05, 0) is 23.8 Å². The first-order valence-corrected chi connectivity index (χ1v) is 11.6. The summed E-state index contributed by atoms with van der Waals surface area (Å²) in [6, 6.07) is 8.99. The summed E-state index contributed by atoms with van der Waals surface area (Å²) < 4.78 is 1.63. The van der Waals surface area contributed by atoms with Crippen LogP contribution in [0.25, 0.3) is 0 Å². The van der Waals surface area contributed by atoms with Crippen molar-refractivity contribution in [2.24, 2.45) is 5.41 Å². The molecule has 1 fully saturated rings. The van der Waals surface area contributed by atoms with Gasteiger partial charge in [-0.3, -0.25) is 9.59 Å². The predicted molar refractivity (Wildman–Crippen MR) is 126 cm³/mol. The van der Waals surface area contributed by atoms with E-state index in [0.717, 1.165) is 18.5 Å². The quantitative estimate of drug-likeness (QED) is 0.668. The third kappa shape index (κ3) is 5.61. The maximum atomic E-state index is 13.7. The molecule has 1 aliphatic rings. The van der Waals surface area contributed by atoms with Gasteiger partial charge in [0.25, 0.3) is 0 Å². The van der Waals surface area contributed by atoms with Crippen LogP contribution < -0.4 is 5.32 Å². The normalized spacial score (nSPS) is 20.0.